The van der Waals surface area contributed by atoms with Crippen molar-refractivity contribution >= 4 is 23.7 Å². The molecular formula is C33H55N3O24. The number of nitrogens with one attached hydrogen (secondary N) is 3. The maximum absolute atomic E-state index is 12.7. The van der Waals surface area contributed by atoms with Gasteiger partial charge in [0.25, 0.3) is 5.79 Å². The Bertz CT molecular complexity index is 1470. The zero-order valence-electron chi connectivity index (χ0n) is 32.4. The van der Waals surface area contributed by atoms with Crippen LogP contribution in [0.5, 0.6) is 0 Å². The SMILES string of the molecule is CC(=O)N[C@@H]1[C@@H](O[C@@H]2O[C@H](CO)[C@H](O[C@H]3O[C@H](CO)[C@@H](O)[C@H](O)[C@H]3NC(C)=O)[C@H](O)[C@H]2O)[C@@H](O)[C@@H](CO[C@]2(C(=O)O)C[C@H](O)[C@@H](NC(C)=O)[C@H]([C@H](O)[C@H](O)CO)O2)O[C@@H]1O. The third-order valence-corrected chi connectivity index (χ3v) is 10.4. The van der Waals surface area contributed by atoms with E-state index in [-0.39, 0.29) is 0 Å². The lowest BCUT2D eigenvalue weighted by atomic mass is 9.88. The van der Waals surface area contributed by atoms with Crippen molar-refractivity contribution in [1.29, 1.82) is 0 Å². The second-order valence-electron chi connectivity index (χ2n) is 14.8. The summed E-state index contributed by atoms with van der Waals surface area (Å²) in [6.07, 6.45) is -33.1. The second kappa shape index (κ2) is 21.0. The largest absolute Gasteiger partial charge is 0.477 e. The van der Waals surface area contributed by atoms with Crippen molar-refractivity contribution in [1.82, 2.24) is 16.0 Å². The van der Waals surface area contributed by atoms with E-state index in [2.05, 4.69) is 16.0 Å². The van der Waals surface area contributed by atoms with Gasteiger partial charge in [0.2, 0.25) is 17.7 Å². The Kier molecular flexibility index (Phi) is 17.4. The van der Waals surface area contributed by atoms with Gasteiger partial charge < -0.3 is 115 Å². The van der Waals surface area contributed by atoms with Gasteiger partial charge >= 0.3 is 5.97 Å². The molecule has 0 radical (unpaired) electrons. The molecule has 4 aliphatic rings. The molecule has 0 saturated carbocycles. The number of carbonyl (C=O) groups excluding carboxylic acids is 3. The van der Waals surface area contributed by atoms with E-state index in [9.17, 15) is 85.6 Å². The lowest BCUT2D eigenvalue weighted by molar-refractivity contribution is -0.367. The topological polar surface area (TPSA) is 432 Å². The van der Waals surface area contributed by atoms with Gasteiger partial charge in [-0.25, -0.2) is 4.79 Å². The Hall–Kier alpha value is -2.88. The quantitative estimate of drug-likeness (QED) is 0.0684. The van der Waals surface area contributed by atoms with Gasteiger partial charge in [0.15, 0.2) is 18.9 Å². The summed E-state index contributed by atoms with van der Waals surface area (Å²) in [6.45, 7) is -0.803. The Labute approximate surface area is 340 Å². The van der Waals surface area contributed by atoms with Crippen molar-refractivity contribution in [2.45, 2.75) is 155 Å². The molecule has 3 amide bonds. The Balaban J connectivity index is 1.57. The molecule has 0 spiro atoms. The lowest BCUT2D eigenvalue weighted by Gasteiger charge is -2.49. The molecule has 16 N–H and O–H groups in total. The predicted octanol–water partition coefficient (Wildman–Crippen LogP) is -10.1. The Morgan fingerprint density at radius 2 is 1.22 bits per heavy atom. The van der Waals surface area contributed by atoms with Crippen molar-refractivity contribution < 1.29 is 119 Å². The lowest BCUT2D eigenvalue weighted by Crippen LogP contribution is -2.70. The van der Waals surface area contributed by atoms with E-state index in [1.807, 2.05) is 0 Å². The van der Waals surface area contributed by atoms with Crippen LogP contribution in [-0.4, -0.2) is 245 Å². The van der Waals surface area contributed by atoms with Crippen LogP contribution in [0.4, 0.5) is 0 Å². The Morgan fingerprint density at radius 1 is 0.667 bits per heavy atom. The standard InChI is InChI=1S/C33H55N3O24/c1-9(40)34-17-12(43)4-33(32(52)53,60-28(17)20(45)13(44)5-37)54-8-16-22(47)27(19(29(51)55-16)36-11(3)42)59-31-25(50)24(49)26(15(7-39)57-31)58-30-18(35-10(2)41)23(48)21(46)14(6-38)56-30/h12-31,37-39,43-51H,4-8H2,1-3H3,(H,34,40)(H,35,41)(H,36,42)(H,52,53)/t12-,13+,14+,15+,16+,17+,18+,19+,20+,21+,22-,23+,24+,25+,26-,27+,28+,29-,30+,31-,33+/m0/s1. The van der Waals surface area contributed by atoms with E-state index in [1.54, 1.807) is 0 Å². The molecule has 0 aromatic carbocycles. The molecule has 27 nitrogen and oxygen atoms in total. The van der Waals surface area contributed by atoms with E-state index >= 15 is 0 Å². The molecule has 4 fully saturated rings. The van der Waals surface area contributed by atoms with Crippen molar-refractivity contribution in [3.05, 3.63) is 0 Å². The normalized spacial score (nSPS) is 43.3. The number of aliphatic carboxylic acids is 1. The number of ether oxygens (including phenoxy) is 7. The number of amides is 3. The van der Waals surface area contributed by atoms with Crippen LogP contribution >= 0.6 is 0 Å². The number of carbonyl (C=O) groups is 4. The minimum absolute atomic E-state index is 0.716. The molecule has 0 bridgehead atoms. The summed E-state index contributed by atoms with van der Waals surface area (Å²) in [6, 6.07) is -4.75. The van der Waals surface area contributed by atoms with Gasteiger partial charge in [0.05, 0.1) is 38.6 Å². The van der Waals surface area contributed by atoms with Gasteiger partial charge in [-0.3, -0.25) is 14.4 Å². The van der Waals surface area contributed by atoms with Gasteiger partial charge in [-0.2, -0.15) is 0 Å². The average Bonchev–Trinajstić information content (AvgIpc) is 3.18. The van der Waals surface area contributed by atoms with Gasteiger partial charge in [0.1, 0.15) is 91.4 Å². The van der Waals surface area contributed by atoms with Crippen molar-refractivity contribution in [3.8, 4) is 0 Å². The number of aliphatic hydroxyl groups excluding tert-OH is 12. The summed E-state index contributed by atoms with van der Waals surface area (Å²) in [5.41, 5.74) is 0. The number of carboxylic acid groups (broad SMARTS) is 1. The van der Waals surface area contributed by atoms with Crippen LogP contribution in [-0.2, 0) is 52.3 Å². The van der Waals surface area contributed by atoms with E-state index in [4.69, 9.17) is 33.2 Å². The highest BCUT2D eigenvalue weighted by atomic mass is 16.8. The fraction of sp³-hybridized carbons (Fsp3) is 0.879. The maximum atomic E-state index is 12.7. The van der Waals surface area contributed by atoms with Crippen LogP contribution in [0.3, 0.4) is 0 Å². The monoisotopic (exact) mass is 877 g/mol. The highest BCUT2D eigenvalue weighted by Crippen LogP contribution is 2.36. The van der Waals surface area contributed by atoms with Crippen molar-refractivity contribution in [3.63, 3.8) is 0 Å². The minimum atomic E-state index is -2.92. The molecular weight excluding hydrogens is 822 g/mol. The van der Waals surface area contributed by atoms with Gasteiger partial charge in [0, 0.05) is 27.2 Å². The zero-order chi connectivity index (χ0) is 45.0. The van der Waals surface area contributed by atoms with Crippen LogP contribution in [0.15, 0.2) is 0 Å². The third-order valence-electron chi connectivity index (χ3n) is 10.4. The number of aliphatic hydroxyl groups is 12. The van der Waals surface area contributed by atoms with Gasteiger partial charge in [-0.15, -0.1) is 0 Å². The zero-order valence-corrected chi connectivity index (χ0v) is 32.4. The van der Waals surface area contributed by atoms with Gasteiger partial charge in [-0.05, 0) is 0 Å². The maximum Gasteiger partial charge on any atom is 0.364 e. The highest BCUT2D eigenvalue weighted by molar-refractivity contribution is 5.76. The minimum Gasteiger partial charge on any atom is -0.477 e. The summed E-state index contributed by atoms with van der Waals surface area (Å²) in [5, 5.41) is 144. The van der Waals surface area contributed by atoms with Crippen LogP contribution in [0.25, 0.3) is 0 Å². The van der Waals surface area contributed by atoms with E-state index < -0.39 is 185 Å². The first-order chi connectivity index (χ1) is 28.1. The molecule has 346 valence electrons. The second-order valence-corrected chi connectivity index (χ2v) is 14.8. The first kappa shape index (κ1) is 49.8. The summed E-state index contributed by atoms with van der Waals surface area (Å²) >= 11 is 0. The molecule has 4 aliphatic heterocycles. The predicted molar refractivity (Wildman–Crippen MR) is 186 cm³/mol. The number of rotatable bonds is 16. The first-order valence-corrected chi connectivity index (χ1v) is 18.7. The molecule has 0 aromatic heterocycles. The highest BCUT2D eigenvalue weighted by Gasteiger charge is 2.58. The number of hydrogen-bond acceptors (Lipinski definition) is 23. The molecule has 27 heteroatoms. The smallest absolute Gasteiger partial charge is 0.364 e. The van der Waals surface area contributed by atoms with Crippen LogP contribution in [0.1, 0.15) is 27.2 Å². The van der Waals surface area contributed by atoms with Gasteiger partial charge in [-0.1, -0.05) is 0 Å². The molecule has 60 heavy (non-hydrogen) atoms. The van der Waals surface area contributed by atoms with Crippen LogP contribution in [0, 0.1) is 0 Å². The number of carboxylic acids is 1. The van der Waals surface area contributed by atoms with Crippen LogP contribution in [0.2, 0.25) is 0 Å². The average molecular weight is 878 g/mol. The molecule has 4 saturated heterocycles. The third kappa shape index (κ3) is 11.0. The molecule has 0 aliphatic carbocycles. The fourth-order valence-electron chi connectivity index (χ4n) is 7.34. The van der Waals surface area contributed by atoms with Crippen molar-refractivity contribution in [2.24, 2.45) is 0 Å². The summed E-state index contributed by atoms with van der Waals surface area (Å²) in [5.74, 6) is -7.12. The van der Waals surface area contributed by atoms with Crippen molar-refractivity contribution in [2.75, 3.05) is 26.4 Å². The van der Waals surface area contributed by atoms with E-state index in [0.29, 0.717) is 0 Å². The molecule has 4 rings (SSSR count). The fourth-order valence-corrected chi connectivity index (χ4v) is 7.34. The van der Waals surface area contributed by atoms with E-state index in [0.717, 1.165) is 20.8 Å². The molecule has 0 aromatic rings. The number of hydrogen-bond donors (Lipinski definition) is 16. The summed E-state index contributed by atoms with van der Waals surface area (Å²) in [7, 11) is 0. The molecule has 21 atom stereocenters. The summed E-state index contributed by atoms with van der Waals surface area (Å²) < 4.78 is 39.2. The Morgan fingerprint density at radius 3 is 1.77 bits per heavy atom. The molecule has 0 unspecified atom stereocenters. The first-order valence-electron chi connectivity index (χ1n) is 18.7. The molecule has 4 heterocycles. The van der Waals surface area contributed by atoms with Crippen LogP contribution < -0.4 is 16.0 Å². The van der Waals surface area contributed by atoms with E-state index in [1.165, 1.54) is 0 Å². The summed E-state index contributed by atoms with van der Waals surface area (Å²) in [4.78, 5) is 48.6.